The van der Waals surface area contributed by atoms with Gasteiger partial charge in [-0.2, -0.15) is 10.1 Å². The van der Waals surface area contributed by atoms with Crippen LogP contribution in [0, 0.1) is 19.7 Å². The van der Waals surface area contributed by atoms with Crippen molar-refractivity contribution in [2.24, 2.45) is 0 Å². The molecule has 1 atom stereocenters. The molecule has 3 heterocycles. The standard InChI is InChI=1S/C26H31FN6O4/c1-15-9-16(2)33(31-15)24-29-22(13-23(30-24)28-17(3)34)18-10-19(27)12-21(11-18)36-20-7-8-32(14-20)25(35)37-26(4,5)6/h9-13,20H,7-8,14H2,1-6H3,(H,28,29,30,34)/t20-/m0/s1. The molecule has 1 aromatic carbocycles. The van der Waals surface area contributed by atoms with Gasteiger partial charge in [-0.25, -0.2) is 18.9 Å². The Labute approximate surface area is 214 Å². The van der Waals surface area contributed by atoms with Crippen LogP contribution in [0.3, 0.4) is 0 Å². The van der Waals surface area contributed by atoms with Gasteiger partial charge in [-0.15, -0.1) is 0 Å². The van der Waals surface area contributed by atoms with E-state index in [0.29, 0.717) is 36.5 Å². The summed E-state index contributed by atoms with van der Waals surface area (Å²) in [7, 11) is 0. The highest BCUT2D eigenvalue weighted by molar-refractivity contribution is 5.88. The summed E-state index contributed by atoms with van der Waals surface area (Å²) >= 11 is 0. The van der Waals surface area contributed by atoms with Crippen molar-refractivity contribution in [3.63, 3.8) is 0 Å². The Morgan fingerprint density at radius 1 is 1.11 bits per heavy atom. The number of carbonyl (C=O) groups excluding carboxylic acids is 2. The van der Waals surface area contributed by atoms with Crippen molar-refractivity contribution in [1.29, 1.82) is 0 Å². The number of hydrogen-bond acceptors (Lipinski definition) is 7. The molecule has 196 valence electrons. The number of carbonyl (C=O) groups is 2. The molecule has 0 unspecified atom stereocenters. The van der Waals surface area contributed by atoms with Crippen LogP contribution in [-0.2, 0) is 9.53 Å². The van der Waals surface area contributed by atoms with Gasteiger partial charge >= 0.3 is 6.09 Å². The maximum absolute atomic E-state index is 14.7. The average Bonchev–Trinajstić information content (AvgIpc) is 3.37. The highest BCUT2D eigenvalue weighted by atomic mass is 19.1. The summed E-state index contributed by atoms with van der Waals surface area (Å²) in [6, 6.07) is 7.74. The molecule has 0 radical (unpaired) electrons. The van der Waals surface area contributed by atoms with Crippen LogP contribution in [0.2, 0.25) is 0 Å². The Balaban J connectivity index is 1.60. The maximum atomic E-state index is 14.7. The van der Waals surface area contributed by atoms with Crippen LogP contribution in [0.5, 0.6) is 5.75 Å². The first kappa shape index (κ1) is 26.1. The maximum Gasteiger partial charge on any atom is 0.410 e. The average molecular weight is 511 g/mol. The van der Waals surface area contributed by atoms with Gasteiger partial charge in [0.05, 0.1) is 17.9 Å². The molecule has 4 rings (SSSR count). The summed E-state index contributed by atoms with van der Waals surface area (Å²) in [5, 5.41) is 7.09. The monoisotopic (exact) mass is 510 g/mol. The molecule has 10 nitrogen and oxygen atoms in total. The van der Waals surface area contributed by atoms with E-state index in [4.69, 9.17) is 9.47 Å². The number of ether oxygens (including phenoxy) is 2. The largest absolute Gasteiger partial charge is 0.488 e. The summed E-state index contributed by atoms with van der Waals surface area (Å²) in [5.74, 6) is -0.0128. The Morgan fingerprint density at radius 2 is 1.86 bits per heavy atom. The first-order valence-corrected chi connectivity index (χ1v) is 12.0. The minimum Gasteiger partial charge on any atom is -0.488 e. The zero-order valence-electron chi connectivity index (χ0n) is 21.8. The van der Waals surface area contributed by atoms with Crippen molar-refractivity contribution in [1.82, 2.24) is 24.6 Å². The minimum absolute atomic E-state index is 0.238. The number of rotatable bonds is 5. The van der Waals surface area contributed by atoms with Gasteiger partial charge in [-0.1, -0.05) is 0 Å². The topological polar surface area (TPSA) is 111 Å². The van der Waals surface area contributed by atoms with Crippen molar-refractivity contribution in [2.75, 3.05) is 18.4 Å². The molecule has 1 N–H and O–H groups in total. The molecule has 0 spiro atoms. The molecule has 3 aromatic rings. The molecule has 0 bridgehead atoms. The fourth-order valence-corrected chi connectivity index (χ4v) is 4.04. The molecule has 0 aliphatic carbocycles. The smallest absolute Gasteiger partial charge is 0.410 e. The lowest BCUT2D eigenvalue weighted by Crippen LogP contribution is -2.36. The summed E-state index contributed by atoms with van der Waals surface area (Å²) in [5.41, 5.74) is 1.82. The van der Waals surface area contributed by atoms with Crippen LogP contribution in [0.4, 0.5) is 15.0 Å². The second-order valence-corrected chi connectivity index (χ2v) is 10.1. The van der Waals surface area contributed by atoms with Gasteiger partial charge in [0.25, 0.3) is 5.95 Å². The third-order valence-corrected chi connectivity index (χ3v) is 5.48. The van der Waals surface area contributed by atoms with Crippen LogP contribution >= 0.6 is 0 Å². The zero-order valence-corrected chi connectivity index (χ0v) is 21.8. The van der Waals surface area contributed by atoms with Crippen molar-refractivity contribution in [2.45, 2.75) is 59.7 Å². The number of aromatic nitrogens is 4. The molecule has 37 heavy (non-hydrogen) atoms. The molecule has 1 aliphatic rings. The molecule has 0 saturated carbocycles. The number of anilines is 1. The number of amides is 2. The molecular formula is C26H31FN6O4. The highest BCUT2D eigenvalue weighted by Crippen LogP contribution is 2.29. The van der Waals surface area contributed by atoms with Crippen LogP contribution < -0.4 is 10.1 Å². The van der Waals surface area contributed by atoms with Gasteiger partial charge < -0.3 is 19.7 Å². The van der Waals surface area contributed by atoms with E-state index in [2.05, 4.69) is 20.4 Å². The van der Waals surface area contributed by atoms with E-state index < -0.39 is 17.5 Å². The van der Waals surface area contributed by atoms with Gasteiger partial charge in [0.1, 0.15) is 29.1 Å². The van der Waals surface area contributed by atoms with Gasteiger partial charge in [0.15, 0.2) is 0 Å². The predicted octanol–water partition coefficient (Wildman–Crippen LogP) is 4.43. The molecule has 2 aromatic heterocycles. The van der Waals surface area contributed by atoms with Crippen molar-refractivity contribution < 1.29 is 23.5 Å². The van der Waals surface area contributed by atoms with Crippen molar-refractivity contribution >= 4 is 17.8 Å². The van der Waals surface area contributed by atoms with E-state index in [9.17, 15) is 14.0 Å². The van der Waals surface area contributed by atoms with Gasteiger partial charge in [0, 0.05) is 43.3 Å². The number of benzene rings is 1. The first-order chi connectivity index (χ1) is 17.4. The first-order valence-electron chi connectivity index (χ1n) is 12.0. The summed E-state index contributed by atoms with van der Waals surface area (Å²) in [6.07, 6.45) is -0.123. The number of likely N-dealkylation sites (tertiary alicyclic amines) is 1. The van der Waals surface area contributed by atoms with E-state index in [0.717, 1.165) is 11.4 Å². The quantitative estimate of drug-likeness (QED) is 0.540. The second-order valence-electron chi connectivity index (χ2n) is 10.1. The summed E-state index contributed by atoms with van der Waals surface area (Å²) in [6.45, 7) is 11.4. The summed E-state index contributed by atoms with van der Waals surface area (Å²) < 4.78 is 27.7. The third-order valence-electron chi connectivity index (χ3n) is 5.48. The lowest BCUT2D eigenvalue weighted by molar-refractivity contribution is -0.114. The Morgan fingerprint density at radius 3 is 2.51 bits per heavy atom. The van der Waals surface area contributed by atoms with Crippen LogP contribution in [-0.4, -0.2) is 61.4 Å². The number of halogens is 1. The lowest BCUT2D eigenvalue weighted by atomic mass is 10.1. The Bertz CT molecular complexity index is 1330. The fourth-order valence-electron chi connectivity index (χ4n) is 4.04. The number of hydrogen-bond donors (Lipinski definition) is 1. The van der Waals surface area contributed by atoms with E-state index in [-0.39, 0.29) is 23.8 Å². The number of nitrogens with zero attached hydrogens (tertiary/aromatic N) is 5. The molecule has 1 fully saturated rings. The lowest BCUT2D eigenvalue weighted by Gasteiger charge is -2.24. The van der Waals surface area contributed by atoms with Gasteiger partial charge in [0.2, 0.25) is 5.91 Å². The van der Waals surface area contributed by atoms with Crippen molar-refractivity contribution in [3.05, 3.63) is 47.5 Å². The fraction of sp³-hybridized carbons (Fsp3) is 0.423. The van der Waals surface area contributed by atoms with Crippen LogP contribution in [0.25, 0.3) is 17.2 Å². The normalized spacial score (nSPS) is 15.5. The van der Waals surface area contributed by atoms with Crippen molar-refractivity contribution in [3.8, 4) is 23.0 Å². The summed E-state index contributed by atoms with van der Waals surface area (Å²) in [4.78, 5) is 34.7. The number of nitrogens with one attached hydrogen (secondary N) is 1. The van der Waals surface area contributed by atoms with Gasteiger partial charge in [-0.3, -0.25) is 4.79 Å². The molecule has 1 saturated heterocycles. The van der Waals surface area contributed by atoms with E-state index in [1.807, 2.05) is 40.7 Å². The SMILES string of the molecule is CC(=O)Nc1cc(-c2cc(F)cc(O[C@H]3CCN(C(=O)OC(C)(C)C)C3)c2)nc(-n2nc(C)cc2C)n1. The molecular weight excluding hydrogens is 479 g/mol. The minimum atomic E-state index is -0.590. The van der Waals surface area contributed by atoms with E-state index >= 15 is 0 Å². The van der Waals surface area contributed by atoms with Crippen LogP contribution in [0.1, 0.15) is 45.5 Å². The number of aryl methyl sites for hydroxylation is 2. The highest BCUT2D eigenvalue weighted by Gasteiger charge is 2.31. The van der Waals surface area contributed by atoms with Gasteiger partial charge in [-0.05, 0) is 52.8 Å². The Hall–Kier alpha value is -4.02. The molecule has 2 amide bonds. The Kier molecular flexibility index (Phi) is 7.15. The molecule has 11 heteroatoms. The third kappa shape index (κ3) is 6.60. The molecule has 1 aliphatic heterocycles. The zero-order chi connectivity index (χ0) is 26.9. The van der Waals surface area contributed by atoms with Crippen LogP contribution in [0.15, 0.2) is 30.3 Å². The van der Waals surface area contributed by atoms with E-state index in [1.165, 1.54) is 19.1 Å². The second kappa shape index (κ2) is 10.2. The predicted molar refractivity (Wildman–Crippen MR) is 135 cm³/mol. The van der Waals surface area contributed by atoms with E-state index in [1.54, 1.807) is 21.7 Å².